The third-order valence-electron chi connectivity index (χ3n) is 6.41. The van der Waals surface area contributed by atoms with E-state index in [4.69, 9.17) is 4.42 Å². The summed E-state index contributed by atoms with van der Waals surface area (Å²) < 4.78 is 32.9. The molecule has 2 aromatic rings. The molecule has 2 bridgehead atoms. The number of carbonyl (C=O) groups is 2. The van der Waals surface area contributed by atoms with Crippen LogP contribution in [-0.4, -0.2) is 46.3 Å². The van der Waals surface area contributed by atoms with Crippen LogP contribution in [0.1, 0.15) is 47.3 Å². The summed E-state index contributed by atoms with van der Waals surface area (Å²) in [5.41, 5.74) is 0.830. The van der Waals surface area contributed by atoms with Gasteiger partial charge in [0.1, 0.15) is 12.3 Å². The number of likely N-dealkylation sites (tertiary alicyclic amines) is 1. The maximum Gasteiger partial charge on any atom is 0.257 e. The molecule has 1 saturated carbocycles. The van der Waals surface area contributed by atoms with Gasteiger partial charge in [-0.3, -0.25) is 19.0 Å². The molecule has 2 amide bonds. The number of halogens is 2. The molecule has 0 spiro atoms. The summed E-state index contributed by atoms with van der Waals surface area (Å²) in [4.78, 5) is 40.3. The first-order chi connectivity index (χ1) is 14.3. The van der Waals surface area contributed by atoms with Gasteiger partial charge in [-0.15, -0.1) is 0 Å². The number of alkyl halides is 2. The molecular weight excluding hydrogens is 396 g/mol. The van der Waals surface area contributed by atoms with Crippen LogP contribution in [-0.2, 0) is 4.79 Å². The second-order valence-corrected chi connectivity index (χ2v) is 8.49. The van der Waals surface area contributed by atoms with Crippen LogP contribution in [0.25, 0.3) is 0 Å². The first-order valence-corrected chi connectivity index (χ1v) is 10.0. The van der Waals surface area contributed by atoms with Crippen LogP contribution >= 0.6 is 0 Å². The quantitative estimate of drug-likeness (QED) is 0.830. The van der Waals surface area contributed by atoms with E-state index < -0.39 is 23.9 Å². The number of fused-ring (bicyclic) bond motifs is 4. The van der Waals surface area contributed by atoms with Gasteiger partial charge in [0.15, 0.2) is 0 Å². The van der Waals surface area contributed by atoms with Crippen molar-refractivity contribution in [3.05, 3.63) is 58.4 Å². The van der Waals surface area contributed by atoms with Gasteiger partial charge in [-0.1, -0.05) is 6.07 Å². The standard InChI is InChI=1S/C21H21F2N3O4/c22-21(23)7-15(8-21)24-19(28)18-14-6-13(16-2-1-3-17(27)26(16)18)9-25(10-14)20(29)12-4-5-30-11-12/h1-5,11,13-15,18H,6-10H2,(H,24,28)/t13-,14+,18+/m0/s1. The van der Waals surface area contributed by atoms with Gasteiger partial charge >= 0.3 is 0 Å². The smallest absolute Gasteiger partial charge is 0.257 e. The molecular formula is C21H21F2N3O4. The van der Waals surface area contributed by atoms with Crippen LogP contribution in [0, 0.1) is 5.92 Å². The van der Waals surface area contributed by atoms with E-state index in [0.717, 1.165) is 0 Å². The zero-order chi connectivity index (χ0) is 21.0. The van der Waals surface area contributed by atoms with Gasteiger partial charge in [0.2, 0.25) is 5.91 Å². The van der Waals surface area contributed by atoms with Crippen molar-refractivity contribution in [3.63, 3.8) is 0 Å². The lowest BCUT2D eigenvalue weighted by atomic mass is 9.77. The maximum absolute atomic E-state index is 13.2. The van der Waals surface area contributed by atoms with E-state index in [2.05, 4.69) is 5.32 Å². The number of rotatable bonds is 3. The molecule has 0 unspecified atom stereocenters. The Morgan fingerprint density at radius 2 is 1.97 bits per heavy atom. The molecule has 0 aromatic carbocycles. The number of amides is 2. The Balaban J connectivity index is 1.46. The summed E-state index contributed by atoms with van der Waals surface area (Å²) in [6.45, 7) is 0.743. The summed E-state index contributed by atoms with van der Waals surface area (Å²) in [7, 11) is 0. The monoisotopic (exact) mass is 417 g/mol. The van der Waals surface area contributed by atoms with Crippen LogP contribution in [0.4, 0.5) is 8.78 Å². The average Bonchev–Trinajstić information content (AvgIpc) is 3.21. The van der Waals surface area contributed by atoms with Crippen LogP contribution < -0.4 is 10.9 Å². The van der Waals surface area contributed by atoms with Gasteiger partial charge in [0.25, 0.3) is 17.4 Å². The van der Waals surface area contributed by atoms with E-state index in [1.165, 1.54) is 23.2 Å². The van der Waals surface area contributed by atoms with Crippen molar-refractivity contribution >= 4 is 11.8 Å². The highest BCUT2D eigenvalue weighted by Gasteiger charge is 2.49. The van der Waals surface area contributed by atoms with Crippen LogP contribution in [0.3, 0.4) is 0 Å². The molecule has 3 atom stereocenters. The number of piperidine rings is 1. The molecule has 9 heteroatoms. The topological polar surface area (TPSA) is 84.6 Å². The van der Waals surface area contributed by atoms with Crippen molar-refractivity contribution in [2.45, 2.75) is 43.2 Å². The Morgan fingerprint density at radius 3 is 2.67 bits per heavy atom. The van der Waals surface area contributed by atoms with Crippen LogP contribution in [0.2, 0.25) is 0 Å². The van der Waals surface area contributed by atoms with Crippen molar-refractivity contribution in [3.8, 4) is 0 Å². The zero-order valence-electron chi connectivity index (χ0n) is 16.1. The number of hydrogen-bond acceptors (Lipinski definition) is 4. The second kappa shape index (κ2) is 6.78. The first-order valence-electron chi connectivity index (χ1n) is 10.0. The lowest BCUT2D eigenvalue weighted by Crippen LogP contribution is -2.57. The van der Waals surface area contributed by atoms with E-state index in [9.17, 15) is 23.2 Å². The number of nitrogens with zero attached hydrogens (tertiary/aromatic N) is 2. The molecule has 1 N–H and O–H groups in total. The van der Waals surface area contributed by atoms with Crippen molar-refractivity contribution in [1.82, 2.24) is 14.8 Å². The van der Waals surface area contributed by atoms with E-state index in [1.54, 1.807) is 23.1 Å². The maximum atomic E-state index is 13.2. The Labute approximate surface area is 170 Å². The third kappa shape index (κ3) is 3.12. The molecule has 1 saturated heterocycles. The molecule has 2 aliphatic heterocycles. The van der Waals surface area contributed by atoms with Gasteiger partial charge in [-0.2, -0.15) is 0 Å². The molecule has 2 fully saturated rings. The number of aromatic nitrogens is 1. The number of hydrogen-bond donors (Lipinski definition) is 1. The minimum Gasteiger partial charge on any atom is -0.472 e. The van der Waals surface area contributed by atoms with Gasteiger partial charge in [0, 0.05) is 55.6 Å². The predicted octanol–water partition coefficient (Wildman–Crippen LogP) is 2.16. The predicted molar refractivity (Wildman–Crippen MR) is 101 cm³/mol. The summed E-state index contributed by atoms with van der Waals surface area (Å²) in [5, 5.41) is 2.69. The molecule has 3 aliphatic rings. The largest absolute Gasteiger partial charge is 0.472 e. The van der Waals surface area contributed by atoms with Crippen LogP contribution in [0.15, 0.2) is 46.0 Å². The van der Waals surface area contributed by atoms with Crippen molar-refractivity contribution < 1.29 is 22.8 Å². The highest BCUT2D eigenvalue weighted by Crippen LogP contribution is 2.42. The molecule has 7 nitrogen and oxygen atoms in total. The fourth-order valence-corrected chi connectivity index (χ4v) is 5.06. The summed E-state index contributed by atoms with van der Waals surface area (Å²) in [5.74, 6) is -3.74. The number of pyridine rings is 1. The Morgan fingerprint density at radius 1 is 1.17 bits per heavy atom. The van der Waals surface area contributed by atoms with Crippen molar-refractivity contribution in [2.24, 2.45) is 5.92 Å². The molecule has 2 aromatic heterocycles. The van der Waals surface area contributed by atoms with Crippen molar-refractivity contribution in [2.75, 3.05) is 13.1 Å². The van der Waals surface area contributed by atoms with Crippen LogP contribution in [0.5, 0.6) is 0 Å². The molecule has 30 heavy (non-hydrogen) atoms. The normalized spacial score (nSPS) is 27.1. The summed E-state index contributed by atoms with van der Waals surface area (Å²) in [6.07, 6.45) is 2.68. The van der Waals surface area contributed by atoms with Crippen molar-refractivity contribution in [1.29, 1.82) is 0 Å². The summed E-state index contributed by atoms with van der Waals surface area (Å²) >= 11 is 0. The third-order valence-corrected chi connectivity index (χ3v) is 6.41. The lowest BCUT2D eigenvalue weighted by molar-refractivity contribution is -0.135. The van der Waals surface area contributed by atoms with Gasteiger partial charge in [0.05, 0.1) is 11.8 Å². The Kier molecular flexibility index (Phi) is 4.30. The van der Waals surface area contributed by atoms with E-state index in [0.29, 0.717) is 30.8 Å². The van der Waals surface area contributed by atoms with Gasteiger partial charge in [-0.05, 0) is 18.6 Å². The number of nitrogens with one attached hydrogen (secondary N) is 1. The highest BCUT2D eigenvalue weighted by atomic mass is 19.3. The zero-order valence-corrected chi connectivity index (χ0v) is 16.1. The lowest BCUT2D eigenvalue weighted by Gasteiger charge is -2.47. The van der Waals surface area contributed by atoms with E-state index >= 15 is 0 Å². The minimum absolute atomic E-state index is 0.0782. The molecule has 5 rings (SSSR count). The molecule has 4 heterocycles. The first kappa shape index (κ1) is 19.0. The fourth-order valence-electron chi connectivity index (χ4n) is 5.06. The number of carbonyl (C=O) groups excluding carboxylic acids is 2. The van der Waals surface area contributed by atoms with Gasteiger partial charge in [-0.25, -0.2) is 8.78 Å². The molecule has 1 aliphatic carbocycles. The minimum atomic E-state index is -2.75. The van der Waals surface area contributed by atoms with Gasteiger partial charge < -0.3 is 14.6 Å². The Hall–Kier alpha value is -2.97. The van der Waals surface area contributed by atoms with E-state index in [-0.39, 0.29) is 36.1 Å². The Bertz CT molecular complexity index is 1040. The summed E-state index contributed by atoms with van der Waals surface area (Å²) in [6, 6.07) is 5.00. The SMILES string of the molecule is O=C(NC1CC(F)(F)C1)[C@H]1[C@@H]2C[C@@H](CN(C(=O)c3ccoc3)C2)c2cccc(=O)n21. The van der Waals surface area contributed by atoms with E-state index in [1.807, 2.05) is 0 Å². The fraction of sp³-hybridized carbons (Fsp3) is 0.476. The average molecular weight is 417 g/mol. The second-order valence-electron chi connectivity index (χ2n) is 8.49. The molecule has 158 valence electrons. The molecule has 0 radical (unpaired) electrons. The highest BCUT2D eigenvalue weighted by molar-refractivity contribution is 5.94. The number of furan rings is 1.